The molecule has 1 heterocycles. The Kier molecular flexibility index (Phi) is 3.38. The van der Waals surface area contributed by atoms with Crippen molar-refractivity contribution in [3.05, 3.63) is 39.5 Å². The molecule has 2 rings (SSSR count). The van der Waals surface area contributed by atoms with Gasteiger partial charge in [0.05, 0.1) is 0 Å². The van der Waals surface area contributed by atoms with Gasteiger partial charge in [0.1, 0.15) is 0 Å². The molecule has 0 radical (unpaired) electrons. The molecule has 2 aromatic rings. The summed E-state index contributed by atoms with van der Waals surface area (Å²) in [4.78, 5) is 12.1. The van der Waals surface area contributed by atoms with Crippen LogP contribution >= 0.6 is 15.9 Å². The number of H-pyrrole nitrogens is 1. The number of hydrogen-bond acceptors (Lipinski definition) is 3. The first-order valence-electron chi connectivity index (χ1n) is 5.36. The number of carbonyl (C=O) groups is 1. The third kappa shape index (κ3) is 2.53. The normalized spacial score (nSPS) is 10.4. The number of anilines is 2. The molecule has 94 valence electrons. The van der Waals surface area contributed by atoms with Crippen LogP contribution in [0.3, 0.4) is 0 Å². The fourth-order valence-electron chi connectivity index (χ4n) is 1.60. The van der Waals surface area contributed by atoms with Gasteiger partial charge in [-0.25, -0.2) is 0 Å². The topological polar surface area (TPSA) is 83.8 Å². The van der Waals surface area contributed by atoms with Gasteiger partial charge in [0, 0.05) is 27.5 Å². The monoisotopic (exact) mass is 308 g/mol. The number of benzene rings is 1. The van der Waals surface area contributed by atoms with Gasteiger partial charge >= 0.3 is 0 Å². The van der Waals surface area contributed by atoms with Crippen molar-refractivity contribution in [2.45, 2.75) is 13.8 Å². The van der Waals surface area contributed by atoms with Crippen LogP contribution in [0.2, 0.25) is 0 Å². The maximum atomic E-state index is 12.1. The van der Waals surface area contributed by atoms with E-state index >= 15 is 0 Å². The van der Waals surface area contributed by atoms with Crippen LogP contribution in [0.25, 0.3) is 0 Å². The van der Waals surface area contributed by atoms with Crippen LogP contribution in [-0.2, 0) is 0 Å². The highest BCUT2D eigenvalue weighted by Crippen LogP contribution is 2.23. The predicted octanol–water partition coefficient (Wildman–Crippen LogP) is 2.62. The minimum Gasteiger partial charge on any atom is -0.398 e. The molecule has 5 nitrogen and oxygen atoms in total. The van der Waals surface area contributed by atoms with E-state index in [-0.39, 0.29) is 5.91 Å². The number of carbonyl (C=O) groups excluding carboxylic acids is 1. The predicted molar refractivity (Wildman–Crippen MR) is 74.6 cm³/mol. The van der Waals surface area contributed by atoms with Crippen molar-refractivity contribution in [2.75, 3.05) is 11.1 Å². The second-order valence-corrected chi connectivity index (χ2v) is 4.97. The van der Waals surface area contributed by atoms with E-state index in [1.165, 1.54) is 0 Å². The summed E-state index contributed by atoms with van der Waals surface area (Å²) in [6, 6.07) is 5.26. The third-order valence-corrected chi connectivity index (χ3v) is 3.06. The standard InChI is InChI=1S/C12H13BrN4O/c1-6-3-11(17-16-6)15-12(18)9-4-8(13)5-10(14)7(9)2/h3-5H,14H2,1-2H3,(H2,15,16,17,18). The number of rotatable bonds is 2. The van der Waals surface area contributed by atoms with Crippen molar-refractivity contribution in [2.24, 2.45) is 0 Å². The van der Waals surface area contributed by atoms with Crippen LogP contribution in [-0.4, -0.2) is 16.1 Å². The average Bonchev–Trinajstić information content (AvgIpc) is 2.69. The molecule has 0 spiro atoms. The van der Waals surface area contributed by atoms with E-state index in [9.17, 15) is 4.79 Å². The highest BCUT2D eigenvalue weighted by molar-refractivity contribution is 9.10. The van der Waals surface area contributed by atoms with Crippen molar-refractivity contribution in [1.29, 1.82) is 0 Å². The van der Waals surface area contributed by atoms with E-state index in [0.717, 1.165) is 15.7 Å². The van der Waals surface area contributed by atoms with Crippen LogP contribution in [0.1, 0.15) is 21.6 Å². The van der Waals surface area contributed by atoms with Crippen LogP contribution in [0.4, 0.5) is 11.5 Å². The first-order chi connectivity index (χ1) is 8.47. The van der Waals surface area contributed by atoms with Gasteiger partial charge < -0.3 is 11.1 Å². The summed E-state index contributed by atoms with van der Waals surface area (Å²) in [5, 5.41) is 9.44. The number of nitrogens with one attached hydrogen (secondary N) is 2. The second-order valence-electron chi connectivity index (χ2n) is 4.06. The van der Waals surface area contributed by atoms with Crippen molar-refractivity contribution < 1.29 is 4.79 Å². The summed E-state index contributed by atoms with van der Waals surface area (Å²) in [5.41, 5.74) is 8.57. The van der Waals surface area contributed by atoms with Gasteiger partial charge in [0.25, 0.3) is 5.91 Å². The quantitative estimate of drug-likeness (QED) is 0.746. The van der Waals surface area contributed by atoms with Gasteiger partial charge in [-0.2, -0.15) is 5.10 Å². The van der Waals surface area contributed by atoms with Crippen molar-refractivity contribution in [1.82, 2.24) is 10.2 Å². The zero-order valence-electron chi connectivity index (χ0n) is 10.0. The third-order valence-electron chi connectivity index (χ3n) is 2.60. The Morgan fingerprint density at radius 1 is 1.39 bits per heavy atom. The summed E-state index contributed by atoms with van der Waals surface area (Å²) in [7, 11) is 0. The molecule has 0 atom stereocenters. The molecule has 0 aliphatic heterocycles. The summed E-state index contributed by atoms with van der Waals surface area (Å²) >= 11 is 3.32. The second kappa shape index (κ2) is 4.81. The summed E-state index contributed by atoms with van der Waals surface area (Å²) in [6.07, 6.45) is 0. The lowest BCUT2D eigenvalue weighted by atomic mass is 10.1. The first kappa shape index (κ1) is 12.6. The smallest absolute Gasteiger partial charge is 0.257 e. The Labute approximate surface area is 113 Å². The van der Waals surface area contributed by atoms with E-state index < -0.39 is 0 Å². The number of hydrogen-bond donors (Lipinski definition) is 3. The molecule has 0 fully saturated rings. The molecule has 1 aromatic carbocycles. The van der Waals surface area contributed by atoms with Crippen molar-refractivity contribution in [3.63, 3.8) is 0 Å². The van der Waals surface area contributed by atoms with Gasteiger partial charge in [0.2, 0.25) is 0 Å². The maximum Gasteiger partial charge on any atom is 0.257 e. The Hall–Kier alpha value is -1.82. The van der Waals surface area contributed by atoms with Gasteiger partial charge in [-0.15, -0.1) is 0 Å². The fraction of sp³-hybridized carbons (Fsp3) is 0.167. The average molecular weight is 309 g/mol. The van der Waals surface area contributed by atoms with Crippen LogP contribution in [0, 0.1) is 13.8 Å². The Morgan fingerprint density at radius 3 is 2.72 bits per heavy atom. The minimum absolute atomic E-state index is 0.230. The van der Waals surface area contributed by atoms with Gasteiger partial charge in [-0.3, -0.25) is 9.89 Å². The number of nitrogens with zero attached hydrogens (tertiary/aromatic N) is 1. The van der Waals surface area contributed by atoms with Crippen LogP contribution in [0.5, 0.6) is 0 Å². The SMILES string of the molecule is Cc1cc(NC(=O)c2cc(Br)cc(N)c2C)n[nH]1. The number of nitrogen functional groups attached to an aromatic ring is 1. The Bertz CT molecular complexity index is 606. The van der Waals surface area contributed by atoms with Crippen LogP contribution in [0.15, 0.2) is 22.7 Å². The number of aromatic amines is 1. The first-order valence-corrected chi connectivity index (χ1v) is 6.15. The molecule has 0 saturated carbocycles. The maximum absolute atomic E-state index is 12.1. The number of nitrogens with two attached hydrogens (primary N) is 1. The summed E-state index contributed by atoms with van der Waals surface area (Å²) in [5.74, 6) is 0.266. The lowest BCUT2D eigenvalue weighted by Gasteiger charge is -2.08. The van der Waals surface area contributed by atoms with Gasteiger partial charge in [-0.05, 0) is 31.5 Å². The highest BCUT2D eigenvalue weighted by atomic mass is 79.9. The molecule has 1 aromatic heterocycles. The number of amides is 1. The van der Waals surface area contributed by atoms with E-state index in [1.54, 1.807) is 18.2 Å². The van der Waals surface area contributed by atoms with Crippen molar-refractivity contribution >= 4 is 33.3 Å². The number of aryl methyl sites for hydroxylation is 1. The molecule has 1 amide bonds. The number of aromatic nitrogens is 2. The summed E-state index contributed by atoms with van der Waals surface area (Å²) < 4.78 is 0.772. The molecule has 6 heteroatoms. The van der Waals surface area contributed by atoms with E-state index in [2.05, 4.69) is 31.4 Å². The minimum atomic E-state index is -0.230. The highest BCUT2D eigenvalue weighted by Gasteiger charge is 2.13. The molecule has 0 aliphatic rings. The van der Waals surface area contributed by atoms with Gasteiger partial charge in [0.15, 0.2) is 5.82 Å². The fourth-order valence-corrected chi connectivity index (χ4v) is 2.08. The zero-order chi connectivity index (χ0) is 13.3. The zero-order valence-corrected chi connectivity index (χ0v) is 11.6. The van der Waals surface area contributed by atoms with Crippen LogP contribution < -0.4 is 11.1 Å². The molecular weight excluding hydrogens is 296 g/mol. The largest absolute Gasteiger partial charge is 0.398 e. The lowest BCUT2D eigenvalue weighted by molar-refractivity contribution is 0.102. The van der Waals surface area contributed by atoms with E-state index in [0.29, 0.717) is 17.1 Å². The van der Waals surface area contributed by atoms with E-state index in [4.69, 9.17) is 5.73 Å². The van der Waals surface area contributed by atoms with Crippen molar-refractivity contribution in [3.8, 4) is 0 Å². The molecular formula is C12H13BrN4O. The summed E-state index contributed by atoms with van der Waals surface area (Å²) in [6.45, 7) is 3.68. The lowest BCUT2D eigenvalue weighted by Crippen LogP contribution is -2.14. The molecule has 0 bridgehead atoms. The number of halogens is 1. The van der Waals surface area contributed by atoms with Gasteiger partial charge in [-0.1, -0.05) is 15.9 Å². The Balaban J connectivity index is 2.29. The Morgan fingerprint density at radius 2 is 2.11 bits per heavy atom. The molecule has 0 aliphatic carbocycles. The molecule has 0 saturated heterocycles. The molecule has 0 unspecified atom stereocenters. The van der Waals surface area contributed by atoms with E-state index in [1.807, 2.05) is 13.8 Å². The molecule has 4 N–H and O–H groups in total. The molecule has 18 heavy (non-hydrogen) atoms.